The van der Waals surface area contributed by atoms with Gasteiger partial charge < -0.3 is 14.8 Å². The number of nitrogens with zero attached hydrogens (tertiary/aromatic N) is 4. The molecule has 2 aliphatic rings. The number of fused-ring (bicyclic) bond motifs is 2. The lowest BCUT2D eigenvalue weighted by Crippen LogP contribution is -2.61. The van der Waals surface area contributed by atoms with Crippen LogP contribution in [0.4, 0.5) is 4.79 Å². The number of carbonyl (C=O) groups is 1. The van der Waals surface area contributed by atoms with E-state index in [9.17, 15) is 13.2 Å². The molecule has 8 nitrogen and oxygen atoms in total. The number of hydrogen-bond donors (Lipinski definition) is 1. The highest BCUT2D eigenvalue weighted by Gasteiger charge is 2.48. The highest BCUT2D eigenvalue weighted by Crippen LogP contribution is 2.28. The van der Waals surface area contributed by atoms with E-state index in [0.29, 0.717) is 19.6 Å². The zero-order valence-corrected chi connectivity index (χ0v) is 15.7. The molecule has 1 aromatic carbocycles. The van der Waals surface area contributed by atoms with Crippen molar-refractivity contribution in [3.8, 4) is 0 Å². The summed E-state index contributed by atoms with van der Waals surface area (Å²) in [6.45, 7) is 1.70. The second-order valence-electron chi connectivity index (χ2n) is 7.25. The predicted molar refractivity (Wildman–Crippen MR) is 98.5 cm³/mol. The van der Waals surface area contributed by atoms with E-state index in [0.717, 1.165) is 16.9 Å². The summed E-state index contributed by atoms with van der Waals surface area (Å²) in [5, 5.41) is 0. The van der Waals surface area contributed by atoms with Crippen molar-refractivity contribution in [2.24, 2.45) is 0 Å². The van der Waals surface area contributed by atoms with Crippen LogP contribution < -0.4 is 0 Å². The Morgan fingerprint density at radius 3 is 2.69 bits per heavy atom. The molecule has 140 valence electrons. The summed E-state index contributed by atoms with van der Waals surface area (Å²) in [6, 6.07) is 7.21. The van der Waals surface area contributed by atoms with E-state index in [2.05, 4.69) is 14.9 Å². The first kappa shape index (κ1) is 17.3. The van der Waals surface area contributed by atoms with Crippen molar-refractivity contribution in [1.82, 2.24) is 24.7 Å². The number of para-hydroxylation sites is 2. The first-order valence-electron chi connectivity index (χ1n) is 8.70. The van der Waals surface area contributed by atoms with Crippen molar-refractivity contribution < 1.29 is 13.2 Å². The Hall–Kier alpha value is -2.13. The minimum Gasteiger partial charge on any atom is -0.341 e. The molecule has 2 fully saturated rings. The van der Waals surface area contributed by atoms with Gasteiger partial charge in [-0.2, -0.15) is 0 Å². The molecule has 0 bridgehead atoms. The summed E-state index contributed by atoms with van der Waals surface area (Å²) in [6.07, 6.45) is 0. The Morgan fingerprint density at radius 1 is 1.23 bits per heavy atom. The summed E-state index contributed by atoms with van der Waals surface area (Å²) in [7, 11) is 0.237. The first-order chi connectivity index (χ1) is 12.3. The maximum absolute atomic E-state index is 12.5. The van der Waals surface area contributed by atoms with Crippen molar-refractivity contribution in [2.45, 2.75) is 18.6 Å². The number of hydrogen-bond acceptors (Lipinski definition) is 5. The highest BCUT2D eigenvalue weighted by atomic mass is 32.2. The molecule has 3 heterocycles. The van der Waals surface area contributed by atoms with Gasteiger partial charge in [0.15, 0.2) is 9.84 Å². The molecule has 26 heavy (non-hydrogen) atoms. The second kappa shape index (κ2) is 6.24. The smallest absolute Gasteiger partial charge is 0.319 e. The molecule has 0 radical (unpaired) electrons. The van der Waals surface area contributed by atoms with Crippen LogP contribution in [0.5, 0.6) is 0 Å². The fourth-order valence-electron chi connectivity index (χ4n) is 3.99. The van der Waals surface area contributed by atoms with E-state index in [1.807, 2.05) is 24.3 Å². The summed E-state index contributed by atoms with van der Waals surface area (Å²) in [5.74, 6) is 0.949. The molecule has 2 saturated heterocycles. The molecule has 0 saturated carbocycles. The number of carbonyl (C=O) groups excluding carboxylic acids is 1. The van der Waals surface area contributed by atoms with Crippen molar-refractivity contribution in [2.75, 3.05) is 38.7 Å². The summed E-state index contributed by atoms with van der Waals surface area (Å²) < 4.78 is 24.5. The fraction of sp³-hybridized carbons (Fsp3) is 0.529. The Bertz CT molecular complexity index is 906. The number of H-pyrrole nitrogens is 1. The van der Waals surface area contributed by atoms with E-state index in [-0.39, 0.29) is 29.6 Å². The van der Waals surface area contributed by atoms with Gasteiger partial charge in [-0.1, -0.05) is 12.1 Å². The maximum atomic E-state index is 12.5. The number of piperazine rings is 1. The third kappa shape index (κ3) is 3.05. The van der Waals surface area contributed by atoms with Gasteiger partial charge in [0.25, 0.3) is 0 Å². The molecule has 1 N–H and O–H groups in total. The summed E-state index contributed by atoms with van der Waals surface area (Å²) in [5.41, 5.74) is 1.87. The number of nitrogens with one attached hydrogen (secondary N) is 1. The quantitative estimate of drug-likeness (QED) is 0.825. The number of amides is 2. The first-order valence-corrected chi connectivity index (χ1v) is 10.5. The van der Waals surface area contributed by atoms with Crippen LogP contribution in [0, 0.1) is 0 Å². The third-order valence-electron chi connectivity index (χ3n) is 5.21. The van der Waals surface area contributed by atoms with Crippen LogP contribution in [0.1, 0.15) is 5.82 Å². The summed E-state index contributed by atoms with van der Waals surface area (Å²) in [4.78, 5) is 25.7. The standard InChI is InChI=1S/C17H23N5O3S/c1-20(2)17(23)22-8-7-21(14-10-26(24,25)11-15(14)22)9-16-18-12-5-3-4-6-13(12)19-16/h3-6,14-15H,7-11H2,1-2H3,(H,18,19)/t14-,15+/m0/s1. The number of imidazole rings is 1. The van der Waals surface area contributed by atoms with Gasteiger partial charge in [-0.15, -0.1) is 0 Å². The maximum Gasteiger partial charge on any atom is 0.319 e. The number of rotatable bonds is 2. The van der Waals surface area contributed by atoms with Crippen LogP contribution in [-0.4, -0.2) is 89.9 Å². The highest BCUT2D eigenvalue weighted by molar-refractivity contribution is 7.91. The average Bonchev–Trinajstić information content (AvgIpc) is 3.13. The number of sulfone groups is 1. The molecule has 9 heteroatoms. The number of urea groups is 1. The van der Waals surface area contributed by atoms with E-state index in [4.69, 9.17) is 0 Å². The molecule has 0 aliphatic carbocycles. The largest absolute Gasteiger partial charge is 0.341 e. The van der Waals surface area contributed by atoms with Gasteiger partial charge in [-0.25, -0.2) is 18.2 Å². The number of benzene rings is 1. The molecule has 0 spiro atoms. The van der Waals surface area contributed by atoms with Crippen molar-refractivity contribution in [1.29, 1.82) is 0 Å². The Kier molecular flexibility index (Phi) is 4.15. The van der Waals surface area contributed by atoms with Crippen molar-refractivity contribution in [3.63, 3.8) is 0 Å². The SMILES string of the molecule is CN(C)C(=O)N1CCN(Cc2nc3ccccc3[nH]2)[C@H]2CS(=O)(=O)C[C@H]21. The van der Waals surface area contributed by atoms with Gasteiger partial charge in [-0.05, 0) is 12.1 Å². The lowest BCUT2D eigenvalue weighted by Gasteiger charge is -2.44. The Morgan fingerprint density at radius 2 is 1.96 bits per heavy atom. The molecule has 4 rings (SSSR count). The van der Waals surface area contributed by atoms with Gasteiger partial charge in [0.1, 0.15) is 5.82 Å². The average molecular weight is 377 g/mol. The van der Waals surface area contributed by atoms with Gasteiger partial charge in [0.2, 0.25) is 0 Å². The molecule has 1 aromatic heterocycles. The Balaban J connectivity index is 1.59. The number of aromatic nitrogens is 2. The molecule has 2 aliphatic heterocycles. The molecular formula is C17H23N5O3S. The van der Waals surface area contributed by atoms with Gasteiger partial charge >= 0.3 is 6.03 Å². The van der Waals surface area contributed by atoms with E-state index < -0.39 is 9.84 Å². The van der Waals surface area contributed by atoms with Crippen molar-refractivity contribution >= 4 is 26.9 Å². The van der Waals surface area contributed by atoms with E-state index in [1.165, 1.54) is 4.90 Å². The van der Waals surface area contributed by atoms with Crippen LogP contribution >= 0.6 is 0 Å². The summed E-state index contributed by atoms with van der Waals surface area (Å²) >= 11 is 0. The minimum absolute atomic E-state index is 0.0356. The van der Waals surface area contributed by atoms with Crippen LogP contribution in [0.3, 0.4) is 0 Å². The zero-order chi connectivity index (χ0) is 18.5. The lowest BCUT2D eigenvalue weighted by atomic mass is 10.1. The van der Waals surface area contributed by atoms with Crippen molar-refractivity contribution in [3.05, 3.63) is 30.1 Å². The zero-order valence-electron chi connectivity index (χ0n) is 14.9. The predicted octanol–water partition coefficient (Wildman–Crippen LogP) is 0.528. The topological polar surface area (TPSA) is 89.6 Å². The van der Waals surface area contributed by atoms with E-state index in [1.54, 1.807) is 19.0 Å². The van der Waals surface area contributed by atoms with Gasteiger partial charge in [0.05, 0.1) is 35.1 Å². The normalized spacial score (nSPS) is 25.4. The Labute approximate surface area is 152 Å². The molecule has 0 unspecified atom stereocenters. The molecule has 2 atom stereocenters. The van der Waals surface area contributed by atoms with Crippen LogP contribution in [0.25, 0.3) is 11.0 Å². The van der Waals surface area contributed by atoms with Crippen LogP contribution in [-0.2, 0) is 16.4 Å². The molecule has 2 amide bonds. The van der Waals surface area contributed by atoms with Crippen LogP contribution in [0.15, 0.2) is 24.3 Å². The van der Waals surface area contributed by atoms with Gasteiger partial charge in [-0.3, -0.25) is 4.90 Å². The lowest BCUT2D eigenvalue weighted by molar-refractivity contribution is 0.0508. The second-order valence-corrected chi connectivity index (χ2v) is 9.41. The third-order valence-corrected chi connectivity index (χ3v) is 6.91. The number of aromatic amines is 1. The molecule has 2 aromatic rings. The van der Waals surface area contributed by atoms with Crippen LogP contribution in [0.2, 0.25) is 0 Å². The van der Waals surface area contributed by atoms with Gasteiger partial charge in [0, 0.05) is 33.2 Å². The minimum atomic E-state index is -3.16. The fourth-order valence-corrected chi connectivity index (χ4v) is 6.00. The van der Waals surface area contributed by atoms with E-state index >= 15 is 0 Å². The molecular weight excluding hydrogens is 354 g/mol. The monoisotopic (exact) mass is 377 g/mol.